The Morgan fingerprint density at radius 1 is 1.26 bits per heavy atom. The maximum Gasteiger partial charge on any atom is 0.332 e. The summed E-state index contributed by atoms with van der Waals surface area (Å²) in [5.41, 5.74) is -0.160. The van der Waals surface area contributed by atoms with Gasteiger partial charge < -0.3 is 4.57 Å². The summed E-state index contributed by atoms with van der Waals surface area (Å²) in [5, 5.41) is 13.4. The van der Waals surface area contributed by atoms with E-state index in [9.17, 15) is 9.59 Å². The van der Waals surface area contributed by atoms with Crippen LogP contribution in [0.2, 0.25) is 0 Å². The largest absolute Gasteiger partial charge is 0.332 e. The zero-order valence-corrected chi connectivity index (χ0v) is 10.2. The molecule has 3 aromatic heterocycles. The topological polar surface area (TPSA) is 116 Å². The number of tetrazole rings is 1. The molecule has 0 aromatic carbocycles. The van der Waals surface area contributed by atoms with E-state index in [1.807, 2.05) is 0 Å². The molecule has 3 rings (SSSR count). The predicted octanol–water partition coefficient (Wildman–Crippen LogP) is -2.00. The van der Waals surface area contributed by atoms with E-state index in [1.54, 1.807) is 11.6 Å². The SMILES string of the molecule is Cn1c(=O)c2c(ncn2Cc2nn[nH]n2)n(C)c1=O. The second kappa shape index (κ2) is 3.86. The third-order valence-corrected chi connectivity index (χ3v) is 2.92. The minimum Gasteiger partial charge on any atom is -0.317 e. The van der Waals surface area contributed by atoms with Gasteiger partial charge in [-0.3, -0.25) is 13.9 Å². The van der Waals surface area contributed by atoms with Gasteiger partial charge in [-0.05, 0) is 0 Å². The van der Waals surface area contributed by atoms with Crippen LogP contribution in [0.1, 0.15) is 5.82 Å². The molecule has 0 radical (unpaired) electrons. The summed E-state index contributed by atoms with van der Waals surface area (Å²) in [6.45, 7) is 0.250. The maximum atomic E-state index is 12.1. The van der Waals surface area contributed by atoms with Crippen molar-refractivity contribution < 1.29 is 0 Å². The zero-order chi connectivity index (χ0) is 13.6. The third-order valence-electron chi connectivity index (χ3n) is 2.92. The van der Waals surface area contributed by atoms with Crippen LogP contribution in [0, 0.1) is 0 Å². The van der Waals surface area contributed by atoms with Crippen molar-refractivity contribution in [2.75, 3.05) is 0 Å². The van der Waals surface area contributed by atoms with Crippen LogP contribution in [0.5, 0.6) is 0 Å². The molecule has 0 aliphatic heterocycles. The lowest BCUT2D eigenvalue weighted by atomic mass is 10.5. The normalized spacial score (nSPS) is 11.3. The monoisotopic (exact) mass is 262 g/mol. The first-order valence-corrected chi connectivity index (χ1v) is 5.42. The Morgan fingerprint density at radius 2 is 2.05 bits per heavy atom. The van der Waals surface area contributed by atoms with Gasteiger partial charge in [-0.2, -0.15) is 5.21 Å². The molecule has 3 heterocycles. The average molecular weight is 262 g/mol. The number of aromatic nitrogens is 8. The molecule has 19 heavy (non-hydrogen) atoms. The minimum absolute atomic E-state index is 0.250. The fourth-order valence-corrected chi connectivity index (χ4v) is 1.92. The van der Waals surface area contributed by atoms with E-state index in [0.717, 1.165) is 4.57 Å². The molecule has 0 aliphatic carbocycles. The summed E-state index contributed by atoms with van der Waals surface area (Å²) < 4.78 is 3.95. The third kappa shape index (κ3) is 1.57. The number of aromatic amines is 1. The highest BCUT2D eigenvalue weighted by molar-refractivity contribution is 5.70. The van der Waals surface area contributed by atoms with Crippen LogP contribution in [0.3, 0.4) is 0 Å². The van der Waals surface area contributed by atoms with E-state index < -0.39 is 11.2 Å². The number of fused-ring (bicyclic) bond motifs is 1. The molecule has 10 heteroatoms. The molecule has 0 bridgehead atoms. The van der Waals surface area contributed by atoms with Gasteiger partial charge in [0.1, 0.15) is 0 Å². The molecule has 0 aliphatic rings. The number of imidazole rings is 1. The zero-order valence-electron chi connectivity index (χ0n) is 10.2. The number of H-pyrrole nitrogens is 1. The first-order valence-electron chi connectivity index (χ1n) is 5.42. The van der Waals surface area contributed by atoms with Crippen molar-refractivity contribution in [1.82, 2.24) is 39.3 Å². The molecule has 0 saturated heterocycles. The lowest BCUT2D eigenvalue weighted by Crippen LogP contribution is -2.37. The van der Waals surface area contributed by atoms with Crippen molar-refractivity contribution in [3.63, 3.8) is 0 Å². The van der Waals surface area contributed by atoms with Gasteiger partial charge in [0.05, 0.1) is 12.9 Å². The van der Waals surface area contributed by atoms with Crippen LogP contribution in [-0.4, -0.2) is 39.3 Å². The Labute approximate surface area is 105 Å². The van der Waals surface area contributed by atoms with E-state index in [1.165, 1.54) is 17.9 Å². The van der Waals surface area contributed by atoms with Crippen molar-refractivity contribution in [1.29, 1.82) is 0 Å². The summed E-state index contributed by atoms with van der Waals surface area (Å²) in [5.74, 6) is 0.426. The number of nitrogens with one attached hydrogen (secondary N) is 1. The van der Waals surface area contributed by atoms with Gasteiger partial charge in [-0.15, -0.1) is 10.2 Å². The number of hydrogen-bond acceptors (Lipinski definition) is 6. The number of nitrogens with zero attached hydrogens (tertiary/aromatic N) is 7. The van der Waals surface area contributed by atoms with Crippen molar-refractivity contribution >= 4 is 11.2 Å². The highest BCUT2D eigenvalue weighted by Crippen LogP contribution is 2.06. The minimum atomic E-state index is -0.415. The molecule has 1 N–H and O–H groups in total. The van der Waals surface area contributed by atoms with E-state index >= 15 is 0 Å². The Kier molecular flexibility index (Phi) is 2.30. The van der Waals surface area contributed by atoms with Gasteiger partial charge in [0.15, 0.2) is 17.0 Å². The molecule has 0 amide bonds. The van der Waals surface area contributed by atoms with Crippen LogP contribution in [0.25, 0.3) is 11.2 Å². The van der Waals surface area contributed by atoms with Gasteiger partial charge >= 0.3 is 5.69 Å². The van der Waals surface area contributed by atoms with Gasteiger partial charge in [0.25, 0.3) is 5.56 Å². The average Bonchev–Trinajstić information content (AvgIpc) is 3.04. The highest BCUT2D eigenvalue weighted by Gasteiger charge is 2.15. The molecule has 0 fully saturated rings. The number of hydrogen-bond donors (Lipinski definition) is 1. The number of rotatable bonds is 2. The smallest absolute Gasteiger partial charge is 0.317 e. The van der Waals surface area contributed by atoms with E-state index in [0.29, 0.717) is 17.0 Å². The van der Waals surface area contributed by atoms with Crippen LogP contribution in [0.15, 0.2) is 15.9 Å². The number of aryl methyl sites for hydroxylation is 1. The maximum absolute atomic E-state index is 12.1. The lowest BCUT2D eigenvalue weighted by molar-refractivity contribution is 0.698. The molecule has 0 unspecified atom stereocenters. The van der Waals surface area contributed by atoms with Crippen molar-refractivity contribution in [3.8, 4) is 0 Å². The van der Waals surface area contributed by atoms with Gasteiger partial charge in [-0.25, -0.2) is 9.78 Å². The Morgan fingerprint density at radius 3 is 2.74 bits per heavy atom. The van der Waals surface area contributed by atoms with Crippen molar-refractivity contribution in [2.24, 2.45) is 14.1 Å². The van der Waals surface area contributed by atoms with Gasteiger partial charge in [-0.1, -0.05) is 5.21 Å². The van der Waals surface area contributed by atoms with Crippen molar-refractivity contribution in [2.45, 2.75) is 6.54 Å². The molecular formula is C9H10N8O2. The fourth-order valence-electron chi connectivity index (χ4n) is 1.92. The van der Waals surface area contributed by atoms with Crippen LogP contribution >= 0.6 is 0 Å². The van der Waals surface area contributed by atoms with Crippen LogP contribution < -0.4 is 11.2 Å². The Hall–Kier alpha value is -2.78. The summed E-state index contributed by atoms with van der Waals surface area (Å²) >= 11 is 0. The summed E-state index contributed by atoms with van der Waals surface area (Å²) in [6, 6.07) is 0. The molecular weight excluding hydrogens is 252 g/mol. The quantitative estimate of drug-likeness (QED) is 0.570. The first kappa shape index (κ1) is 11.3. The van der Waals surface area contributed by atoms with Crippen molar-refractivity contribution in [3.05, 3.63) is 33.0 Å². The van der Waals surface area contributed by atoms with E-state index in [-0.39, 0.29) is 6.54 Å². The van der Waals surface area contributed by atoms with E-state index in [2.05, 4.69) is 25.6 Å². The molecule has 10 nitrogen and oxygen atoms in total. The molecule has 0 spiro atoms. The molecule has 0 atom stereocenters. The summed E-state index contributed by atoms with van der Waals surface area (Å²) in [7, 11) is 2.99. The van der Waals surface area contributed by atoms with Gasteiger partial charge in [0.2, 0.25) is 0 Å². The van der Waals surface area contributed by atoms with E-state index in [4.69, 9.17) is 0 Å². The second-order valence-corrected chi connectivity index (χ2v) is 4.08. The fraction of sp³-hybridized carbons (Fsp3) is 0.333. The highest BCUT2D eigenvalue weighted by atomic mass is 16.2. The summed E-state index contributed by atoms with van der Waals surface area (Å²) in [4.78, 5) is 28.0. The molecule has 0 saturated carbocycles. The molecule has 3 aromatic rings. The summed E-state index contributed by atoms with van der Waals surface area (Å²) in [6.07, 6.45) is 1.47. The lowest BCUT2D eigenvalue weighted by Gasteiger charge is -2.04. The standard InChI is InChI=1S/C9H10N8O2/c1-15-7-6(8(18)16(2)9(15)19)17(4-10-7)3-5-11-13-14-12-5/h4H,3H2,1-2H3,(H,11,12,13,14). The Balaban J connectivity index is 2.29. The Bertz CT molecular complexity index is 853. The van der Waals surface area contributed by atoms with Crippen LogP contribution in [-0.2, 0) is 20.6 Å². The van der Waals surface area contributed by atoms with Gasteiger partial charge in [0, 0.05) is 14.1 Å². The van der Waals surface area contributed by atoms with Crippen LogP contribution in [0.4, 0.5) is 0 Å². The first-order chi connectivity index (χ1) is 9.09. The second-order valence-electron chi connectivity index (χ2n) is 4.08. The predicted molar refractivity (Wildman–Crippen MR) is 63.5 cm³/mol. The molecule has 98 valence electrons.